The van der Waals surface area contributed by atoms with E-state index >= 15 is 0 Å². The Labute approximate surface area is 262 Å². The van der Waals surface area contributed by atoms with Crippen LogP contribution < -0.4 is 15.2 Å². The van der Waals surface area contributed by atoms with E-state index in [0.29, 0.717) is 39.3 Å². The minimum absolute atomic E-state index is 0.0402. The van der Waals surface area contributed by atoms with Gasteiger partial charge in [0.15, 0.2) is 0 Å². The Morgan fingerprint density at radius 2 is 1.34 bits per heavy atom. The Bertz CT molecular complexity index is 1540. The quantitative estimate of drug-likeness (QED) is 0.157. The van der Waals surface area contributed by atoms with Crippen molar-refractivity contribution in [1.29, 1.82) is 0 Å². The van der Waals surface area contributed by atoms with Gasteiger partial charge in [0.25, 0.3) is 0 Å². The summed E-state index contributed by atoms with van der Waals surface area (Å²) in [6.45, 7) is 13.3. The fourth-order valence-electron chi connectivity index (χ4n) is 5.13. The predicted molar refractivity (Wildman–Crippen MR) is 177 cm³/mol. The number of benzene rings is 4. The molecule has 4 aromatic rings. The van der Waals surface area contributed by atoms with E-state index in [-0.39, 0.29) is 5.41 Å². The molecule has 3 N–H and O–H groups in total. The average Bonchev–Trinajstić information content (AvgIpc) is 2.98. The van der Waals surface area contributed by atoms with Crippen LogP contribution in [0.4, 0.5) is 0 Å². The molecule has 6 nitrogen and oxygen atoms in total. The maximum atomic E-state index is 11.6. The number of nitrogens with two attached hydrogens (primary N) is 1. The Balaban J connectivity index is 1.60. The number of ether oxygens (including phenoxy) is 2. The van der Waals surface area contributed by atoms with Gasteiger partial charge < -0.3 is 20.3 Å². The van der Waals surface area contributed by atoms with Gasteiger partial charge in [-0.3, -0.25) is 9.69 Å². The summed E-state index contributed by atoms with van der Waals surface area (Å²) in [5.41, 5.74) is 13.8. The number of carboxylic acid groups (broad SMARTS) is 1. The van der Waals surface area contributed by atoms with E-state index in [1.165, 1.54) is 16.7 Å². The highest BCUT2D eigenvalue weighted by Crippen LogP contribution is 2.31. The SMILES string of the molecule is Cc1cccc(COc2ccccc2CN(CC[C@H](N)C(=O)O)Cc2ccc(C(C)(C)C)cc2OCc2cccc(C)c2)c1. The third-order valence-corrected chi connectivity index (χ3v) is 7.72. The van der Waals surface area contributed by atoms with Gasteiger partial charge in [-0.05, 0) is 54.5 Å². The molecule has 4 aromatic carbocycles. The van der Waals surface area contributed by atoms with Crippen LogP contribution in [0, 0.1) is 13.8 Å². The maximum Gasteiger partial charge on any atom is 0.320 e. The van der Waals surface area contributed by atoms with Crippen LogP contribution in [0.1, 0.15) is 66.1 Å². The largest absolute Gasteiger partial charge is 0.489 e. The molecule has 0 spiro atoms. The molecule has 0 saturated heterocycles. The fraction of sp³-hybridized carbons (Fsp3) is 0.342. The summed E-state index contributed by atoms with van der Waals surface area (Å²) in [6, 6.07) is 30.2. The Hall–Kier alpha value is -4.13. The second-order valence-corrected chi connectivity index (χ2v) is 12.7. The standard InChI is InChI=1S/C38H46N2O4/c1-27-10-8-12-29(20-27)25-43-35-15-7-6-14-31(35)23-40(19-18-34(39)37(41)42)24-32-16-17-33(38(3,4)5)22-36(32)44-26-30-13-9-11-28(2)21-30/h6-17,20-22,34H,18-19,23-26,39H2,1-5H3,(H,41,42)/t34-/m0/s1. The maximum absolute atomic E-state index is 11.6. The van der Waals surface area contributed by atoms with Crippen molar-refractivity contribution in [2.75, 3.05) is 6.54 Å². The molecule has 0 saturated carbocycles. The molecule has 0 radical (unpaired) electrons. The molecule has 0 unspecified atom stereocenters. The molecule has 4 rings (SSSR count). The van der Waals surface area contributed by atoms with E-state index in [1.807, 2.05) is 30.3 Å². The summed E-state index contributed by atoms with van der Waals surface area (Å²) >= 11 is 0. The number of aliphatic carboxylic acids is 1. The summed E-state index contributed by atoms with van der Waals surface area (Å²) in [7, 11) is 0. The number of carbonyl (C=O) groups is 1. The molecule has 6 heteroatoms. The summed E-state index contributed by atoms with van der Waals surface area (Å²) in [6.07, 6.45) is 0.321. The van der Waals surface area contributed by atoms with Crippen molar-refractivity contribution in [3.8, 4) is 11.5 Å². The molecule has 0 aliphatic carbocycles. The molecule has 0 amide bonds. The van der Waals surface area contributed by atoms with Gasteiger partial charge in [-0.2, -0.15) is 0 Å². The normalized spacial score (nSPS) is 12.2. The number of hydrogen-bond donors (Lipinski definition) is 2. The predicted octanol–water partition coefficient (Wildman–Crippen LogP) is 7.56. The van der Waals surface area contributed by atoms with Gasteiger partial charge in [0.05, 0.1) is 0 Å². The zero-order valence-electron chi connectivity index (χ0n) is 26.7. The molecule has 0 aliphatic heterocycles. The lowest BCUT2D eigenvalue weighted by molar-refractivity contribution is -0.138. The molecule has 232 valence electrons. The van der Waals surface area contributed by atoms with Crippen molar-refractivity contribution in [2.24, 2.45) is 5.73 Å². The summed E-state index contributed by atoms with van der Waals surface area (Å²) in [5, 5.41) is 9.48. The number of nitrogens with zero attached hydrogens (tertiary/aromatic N) is 1. The highest BCUT2D eigenvalue weighted by atomic mass is 16.5. The van der Waals surface area contributed by atoms with Crippen LogP contribution in [0.2, 0.25) is 0 Å². The van der Waals surface area contributed by atoms with Crippen LogP contribution in [0.25, 0.3) is 0 Å². The van der Waals surface area contributed by atoms with Gasteiger partial charge in [0.1, 0.15) is 30.8 Å². The first kappa shape index (κ1) is 32.8. The summed E-state index contributed by atoms with van der Waals surface area (Å²) < 4.78 is 12.8. The number of para-hydroxylation sites is 1. The first-order valence-electron chi connectivity index (χ1n) is 15.3. The van der Waals surface area contributed by atoms with E-state index in [1.54, 1.807) is 0 Å². The molecule has 0 bridgehead atoms. The van der Waals surface area contributed by atoms with Crippen LogP contribution >= 0.6 is 0 Å². The number of carboxylic acids is 1. The van der Waals surface area contributed by atoms with Crippen molar-refractivity contribution in [3.05, 3.63) is 130 Å². The summed E-state index contributed by atoms with van der Waals surface area (Å²) in [5.74, 6) is 0.638. The third-order valence-electron chi connectivity index (χ3n) is 7.72. The zero-order chi connectivity index (χ0) is 31.7. The third kappa shape index (κ3) is 9.69. The van der Waals surface area contributed by atoms with Crippen LogP contribution in [-0.2, 0) is 36.5 Å². The Kier molecular flexibility index (Phi) is 11.2. The molecular formula is C38H46N2O4. The first-order chi connectivity index (χ1) is 21.0. The van der Waals surface area contributed by atoms with Crippen molar-refractivity contribution in [2.45, 2.75) is 78.8 Å². The van der Waals surface area contributed by atoms with Crippen molar-refractivity contribution >= 4 is 5.97 Å². The highest BCUT2D eigenvalue weighted by Gasteiger charge is 2.20. The van der Waals surface area contributed by atoms with Crippen LogP contribution in [0.5, 0.6) is 11.5 Å². The lowest BCUT2D eigenvalue weighted by Gasteiger charge is -2.27. The van der Waals surface area contributed by atoms with E-state index in [4.69, 9.17) is 15.2 Å². The van der Waals surface area contributed by atoms with E-state index < -0.39 is 12.0 Å². The van der Waals surface area contributed by atoms with Gasteiger partial charge in [-0.25, -0.2) is 0 Å². The number of rotatable bonds is 14. The second-order valence-electron chi connectivity index (χ2n) is 12.7. The highest BCUT2D eigenvalue weighted by molar-refractivity contribution is 5.73. The number of aryl methyl sites for hydroxylation is 2. The van der Waals surface area contributed by atoms with E-state index in [2.05, 4.69) is 100 Å². The second kappa shape index (κ2) is 15.0. The van der Waals surface area contributed by atoms with Gasteiger partial charge in [-0.1, -0.05) is 111 Å². The molecule has 0 aliphatic rings. The van der Waals surface area contributed by atoms with Gasteiger partial charge in [0.2, 0.25) is 0 Å². The molecule has 0 fully saturated rings. The molecule has 1 atom stereocenters. The summed E-state index contributed by atoms with van der Waals surface area (Å²) in [4.78, 5) is 13.8. The van der Waals surface area contributed by atoms with Gasteiger partial charge >= 0.3 is 5.97 Å². The smallest absolute Gasteiger partial charge is 0.320 e. The lowest BCUT2D eigenvalue weighted by Crippen LogP contribution is -2.35. The topological polar surface area (TPSA) is 85.0 Å². The minimum Gasteiger partial charge on any atom is -0.489 e. The molecule has 0 aromatic heterocycles. The fourth-order valence-corrected chi connectivity index (χ4v) is 5.13. The molecule has 44 heavy (non-hydrogen) atoms. The van der Waals surface area contributed by atoms with Crippen LogP contribution in [0.3, 0.4) is 0 Å². The van der Waals surface area contributed by atoms with E-state index in [9.17, 15) is 9.90 Å². The van der Waals surface area contributed by atoms with Gasteiger partial charge in [-0.15, -0.1) is 0 Å². The monoisotopic (exact) mass is 594 g/mol. The van der Waals surface area contributed by atoms with Crippen molar-refractivity contribution in [3.63, 3.8) is 0 Å². The zero-order valence-corrected chi connectivity index (χ0v) is 26.7. The minimum atomic E-state index is -0.997. The first-order valence-corrected chi connectivity index (χ1v) is 15.3. The Morgan fingerprint density at radius 3 is 1.91 bits per heavy atom. The van der Waals surface area contributed by atoms with Crippen molar-refractivity contribution < 1.29 is 19.4 Å². The van der Waals surface area contributed by atoms with E-state index in [0.717, 1.165) is 33.8 Å². The van der Waals surface area contributed by atoms with Crippen LogP contribution in [0.15, 0.2) is 91.0 Å². The Morgan fingerprint density at radius 1 is 0.773 bits per heavy atom. The van der Waals surface area contributed by atoms with Gasteiger partial charge in [0, 0.05) is 30.8 Å². The van der Waals surface area contributed by atoms with Crippen LogP contribution in [-0.4, -0.2) is 28.6 Å². The number of hydrogen-bond acceptors (Lipinski definition) is 5. The lowest BCUT2D eigenvalue weighted by atomic mass is 9.86. The van der Waals surface area contributed by atoms with Crippen molar-refractivity contribution in [1.82, 2.24) is 4.90 Å². The molecular weight excluding hydrogens is 548 g/mol. The average molecular weight is 595 g/mol. The molecule has 0 heterocycles.